The molecule has 0 saturated heterocycles. The highest BCUT2D eigenvalue weighted by molar-refractivity contribution is 7.18. The third-order valence-electron chi connectivity index (χ3n) is 2.91. The molecule has 1 rings (SSSR count). The lowest BCUT2D eigenvalue weighted by molar-refractivity contribution is -0.120. The first-order valence-electron chi connectivity index (χ1n) is 6.35. The van der Waals surface area contributed by atoms with Crippen LogP contribution in [0, 0.1) is 5.92 Å². The maximum absolute atomic E-state index is 12.2. The van der Waals surface area contributed by atoms with Gasteiger partial charge in [-0.3, -0.25) is 9.59 Å². The number of thiazole rings is 1. The molecular formula is C12H21N5O2S. The second kappa shape index (κ2) is 6.56. The summed E-state index contributed by atoms with van der Waals surface area (Å²) in [6.45, 7) is 6.34. The molecule has 5 N–H and O–H groups in total. The van der Waals surface area contributed by atoms with E-state index in [-0.39, 0.29) is 11.7 Å². The Balaban J connectivity index is 2.92. The van der Waals surface area contributed by atoms with Crippen LogP contribution in [0.4, 0.5) is 10.9 Å². The molecule has 1 atom stereocenters. The van der Waals surface area contributed by atoms with Crippen molar-refractivity contribution in [1.29, 1.82) is 0 Å². The smallest absolute Gasteiger partial charge is 0.265 e. The van der Waals surface area contributed by atoms with Crippen molar-refractivity contribution in [3.05, 3.63) is 4.88 Å². The Morgan fingerprint density at radius 3 is 2.50 bits per heavy atom. The van der Waals surface area contributed by atoms with Crippen LogP contribution in [-0.2, 0) is 4.79 Å². The lowest BCUT2D eigenvalue weighted by atomic mass is 10.0. The summed E-state index contributed by atoms with van der Waals surface area (Å²) in [4.78, 5) is 29.8. The topological polar surface area (TPSA) is 114 Å². The monoisotopic (exact) mass is 299 g/mol. The van der Waals surface area contributed by atoms with E-state index >= 15 is 0 Å². The summed E-state index contributed by atoms with van der Waals surface area (Å²) >= 11 is 1.19. The van der Waals surface area contributed by atoms with Gasteiger partial charge < -0.3 is 21.7 Å². The van der Waals surface area contributed by atoms with E-state index in [1.165, 1.54) is 11.3 Å². The van der Waals surface area contributed by atoms with Gasteiger partial charge >= 0.3 is 0 Å². The minimum Gasteiger partial charge on any atom is -0.382 e. The van der Waals surface area contributed by atoms with E-state index in [0.29, 0.717) is 10.0 Å². The lowest BCUT2D eigenvalue weighted by Gasteiger charge is -2.18. The fourth-order valence-corrected chi connectivity index (χ4v) is 2.47. The number of nitrogens with zero attached hydrogens (tertiary/aromatic N) is 2. The number of primary amides is 1. The molecule has 1 aromatic heterocycles. The van der Waals surface area contributed by atoms with Gasteiger partial charge in [0.25, 0.3) is 5.91 Å². The number of anilines is 2. The first-order valence-corrected chi connectivity index (χ1v) is 7.17. The minimum atomic E-state index is -0.726. The van der Waals surface area contributed by atoms with Gasteiger partial charge in [-0.1, -0.05) is 25.2 Å². The van der Waals surface area contributed by atoms with Crippen LogP contribution in [0.5, 0.6) is 0 Å². The van der Waals surface area contributed by atoms with Crippen LogP contribution < -0.4 is 21.7 Å². The molecule has 0 saturated carbocycles. The Kier molecular flexibility index (Phi) is 5.32. The van der Waals surface area contributed by atoms with E-state index in [1.807, 2.05) is 32.7 Å². The number of nitrogens with two attached hydrogens (primary N) is 2. The number of rotatable bonds is 6. The highest BCUT2D eigenvalue weighted by atomic mass is 32.1. The van der Waals surface area contributed by atoms with Gasteiger partial charge in [-0.25, -0.2) is 4.98 Å². The van der Waals surface area contributed by atoms with Crippen molar-refractivity contribution in [3.63, 3.8) is 0 Å². The van der Waals surface area contributed by atoms with Crippen LogP contribution in [0.1, 0.15) is 30.4 Å². The molecule has 0 spiro atoms. The average Bonchev–Trinajstić information content (AvgIpc) is 2.76. The summed E-state index contributed by atoms with van der Waals surface area (Å²) < 4.78 is 0. The van der Waals surface area contributed by atoms with Crippen LogP contribution in [-0.4, -0.2) is 36.4 Å². The molecule has 0 bridgehead atoms. The van der Waals surface area contributed by atoms with Crippen LogP contribution >= 0.6 is 11.3 Å². The van der Waals surface area contributed by atoms with E-state index in [1.54, 1.807) is 0 Å². The summed E-state index contributed by atoms with van der Waals surface area (Å²) in [6.07, 6.45) is 0. The highest BCUT2D eigenvalue weighted by Gasteiger charge is 2.25. The van der Waals surface area contributed by atoms with Gasteiger partial charge in [0.05, 0.1) is 0 Å². The number of nitrogens with one attached hydrogen (secondary N) is 1. The van der Waals surface area contributed by atoms with Gasteiger partial charge in [-0.2, -0.15) is 0 Å². The number of aromatic nitrogens is 1. The first-order chi connectivity index (χ1) is 9.27. The summed E-state index contributed by atoms with van der Waals surface area (Å²) in [6, 6.07) is -0.726. The van der Waals surface area contributed by atoms with Crippen molar-refractivity contribution in [2.24, 2.45) is 11.7 Å². The lowest BCUT2D eigenvalue weighted by Crippen LogP contribution is -2.47. The molecule has 2 amide bonds. The maximum Gasteiger partial charge on any atom is 0.265 e. The Morgan fingerprint density at radius 1 is 1.45 bits per heavy atom. The minimum absolute atomic E-state index is 0.0941. The van der Waals surface area contributed by atoms with Crippen LogP contribution in [0.3, 0.4) is 0 Å². The fraction of sp³-hybridized carbons (Fsp3) is 0.583. The molecule has 7 nitrogen and oxygen atoms in total. The van der Waals surface area contributed by atoms with Gasteiger partial charge in [0.2, 0.25) is 5.91 Å². The van der Waals surface area contributed by atoms with Crippen molar-refractivity contribution in [3.8, 4) is 0 Å². The third kappa shape index (κ3) is 3.60. The molecule has 8 heteroatoms. The van der Waals surface area contributed by atoms with Gasteiger partial charge in [0.1, 0.15) is 16.7 Å². The molecule has 1 heterocycles. The zero-order chi connectivity index (χ0) is 15.4. The Morgan fingerprint density at radius 2 is 2.05 bits per heavy atom. The van der Waals surface area contributed by atoms with Crippen LogP contribution in [0.25, 0.3) is 0 Å². The molecule has 20 heavy (non-hydrogen) atoms. The van der Waals surface area contributed by atoms with E-state index in [9.17, 15) is 9.59 Å². The zero-order valence-electron chi connectivity index (χ0n) is 12.1. The van der Waals surface area contributed by atoms with E-state index in [4.69, 9.17) is 11.5 Å². The van der Waals surface area contributed by atoms with Crippen LogP contribution in [0.2, 0.25) is 0 Å². The number of hydrogen-bond donors (Lipinski definition) is 3. The molecule has 0 fully saturated rings. The van der Waals surface area contributed by atoms with E-state index < -0.39 is 17.9 Å². The van der Waals surface area contributed by atoms with Gasteiger partial charge in [0, 0.05) is 13.6 Å². The standard InChI is InChI=1S/C12H21N5O2S/c1-5-17(4)12-16-9(13)8(20-12)11(19)15-7(6(2)3)10(14)18/h6-7H,5,13H2,1-4H3,(H2,14,18)(H,15,19). The normalized spacial score (nSPS) is 12.2. The molecule has 0 aromatic carbocycles. The largest absolute Gasteiger partial charge is 0.382 e. The van der Waals surface area contributed by atoms with Gasteiger partial charge in [-0.15, -0.1) is 0 Å². The summed E-state index contributed by atoms with van der Waals surface area (Å²) in [5, 5.41) is 3.26. The van der Waals surface area contributed by atoms with E-state index in [2.05, 4.69) is 10.3 Å². The van der Waals surface area contributed by atoms with Crippen molar-refractivity contribution >= 4 is 34.1 Å². The highest BCUT2D eigenvalue weighted by Crippen LogP contribution is 2.27. The predicted molar refractivity (Wildman–Crippen MR) is 80.8 cm³/mol. The van der Waals surface area contributed by atoms with E-state index in [0.717, 1.165) is 6.54 Å². The quantitative estimate of drug-likeness (QED) is 0.704. The summed E-state index contributed by atoms with van der Waals surface area (Å²) in [7, 11) is 1.86. The van der Waals surface area contributed by atoms with Gasteiger partial charge in [0.15, 0.2) is 5.13 Å². The van der Waals surface area contributed by atoms with Crippen molar-refractivity contribution in [1.82, 2.24) is 10.3 Å². The van der Waals surface area contributed by atoms with Crippen molar-refractivity contribution in [2.75, 3.05) is 24.2 Å². The Bertz CT molecular complexity index is 500. The zero-order valence-corrected chi connectivity index (χ0v) is 13.0. The second-order valence-corrected chi connectivity index (χ2v) is 5.80. The third-order valence-corrected chi connectivity index (χ3v) is 4.09. The number of carbonyl (C=O) groups is 2. The molecule has 0 radical (unpaired) electrons. The number of nitrogen functional groups attached to an aromatic ring is 1. The molecule has 112 valence electrons. The Labute approximate surface area is 122 Å². The molecule has 1 unspecified atom stereocenters. The Hall–Kier alpha value is -1.83. The number of amides is 2. The molecule has 1 aromatic rings. The molecule has 0 aliphatic rings. The SMILES string of the molecule is CCN(C)c1nc(N)c(C(=O)NC(C(N)=O)C(C)C)s1. The summed E-state index contributed by atoms with van der Waals surface area (Å²) in [5.74, 6) is -0.922. The van der Waals surface area contributed by atoms with Gasteiger partial charge in [-0.05, 0) is 12.8 Å². The number of hydrogen-bond acceptors (Lipinski definition) is 6. The van der Waals surface area contributed by atoms with Crippen molar-refractivity contribution < 1.29 is 9.59 Å². The fourth-order valence-electron chi connectivity index (χ4n) is 1.55. The summed E-state index contributed by atoms with van der Waals surface area (Å²) in [5.41, 5.74) is 11.0. The predicted octanol–water partition coefficient (Wildman–Crippen LogP) is 0.421. The average molecular weight is 299 g/mol. The molecular weight excluding hydrogens is 278 g/mol. The molecule has 0 aliphatic heterocycles. The second-order valence-electron chi connectivity index (χ2n) is 4.82. The maximum atomic E-state index is 12.2. The number of carbonyl (C=O) groups excluding carboxylic acids is 2. The van der Waals surface area contributed by atoms with Crippen LogP contribution in [0.15, 0.2) is 0 Å². The van der Waals surface area contributed by atoms with Crippen molar-refractivity contribution in [2.45, 2.75) is 26.8 Å². The molecule has 0 aliphatic carbocycles. The first kappa shape index (κ1) is 16.2.